The Kier molecular flexibility index (Phi) is 4.80. The van der Waals surface area contributed by atoms with E-state index in [0.29, 0.717) is 5.91 Å². The van der Waals surface area contributed by atoms with Gasteiger partial charge < -0.3 is 14.9 Å². The Hall–Kier alpha value is -1.78. The molecule has 3 unspecified atom stereocenters. The van der Waals surface area contributed by atoms with Crippen molar-refractivity contribution in [3.63, 3.8) is 0 Å². The molecule has 142 valence electrons. The van der Waals surface area contributed by atoms with E-state index in [9.17, 15) is 9.90 Å². The molecular weight excluding hydrogens is 326 g/mol. The molecule has 2 heterocycles. The first-order valence-electron chi connectivity index (χ1n) is 10.2. The maximum absolute atomic E-state index is 13.0. The molecule has 1 N–H and O–H groups in total. The molecule has 3 atom stereocenters. The summed E-state index contributed by atoms with van der Waals surface area (Å²) < 4.78 is 0. The molecule has 2 saturated carbocycles. The fourth-order valence-corrected chi connectivity index (χ4v) is 5.78. The molecule has 4 rings (SSSR count). The predicted molar refractivity (Wildman–Crippen MR) is 102 cm³/mol. The Bertz CT molecular complexity index is 635. The van der Waals surface area contributed by atoms with Gasteiger partial charge in [0.05, 0.1) is 6.20 Å². The van der Waals surface area contributed by atoms with Crippen molar-refractivity contribution in [3.05, 3.63) is 18.3 Å². The van der Waals surface area contributed by atoms with Gasteiger partial charge in [-0.2, -0.15) is 0 Å². The predicted octanol–water partition coefficient (Wildman–Crippen LogP) is 3.43. The molecule has 0 radical (unpaired) electrons. The van der Waals surface area contributed by atoms with Crippen molar-refractivity contribution in [2.75, 3.05) is 31.1 Å². The van der Waals surface area contributed by atoms with Gasteiger partial charge in [-0.1, -0.05) is 19.8 Å². The molecule has 1 amide bonds. The van der Waals surface area contributed by atoms with Gasteiger partial charge in [0.25, 0.3) is 0 Å². The molecule has 5 nitrogen and oxygen atoms in total. The number of amides is 1. The maximum atomic E-state index is 13.0. The highest BCUT2D eigenvalue weighted by Crippen LogP contribution is 2.53. The van der Waals surface area contributed by atoms with Gasteiger partial charge in [-0.25, -0.2) is 4.98 Å². The summed E-state index contributed by atoms with van der Waals surface area (Å²) >= 11 is 0. The lowest BCUT2D eigenvalue weighted by atomic mass is 9.58. The van der Waals surface area contributed by atoms with E-state index in [1.54, 1.807) is 6.07 Å². The van der Waals surface area contributed by atoms with Crippen molar-refractivity contribution in [3.8, 4) is 5.75 Å². The molecule has 3 fully saturated rings. The number of aromatic hydroxyl groups is 1. The lowest BCUT2D eigenvalue weighted by Gasteiger charge is -2.48. The average Bonchev–Trinajstić information content (AvgIpc) is 2.61. The summed E-state index contributed by atoms with van der Waals surface area (Å²) in [5.74, 6) is 3.06. The number of hydrogen-bond acceptors (Lipinski definition) is 4. The van der Waals surface area contributed by atoms with Gasteiger partial charge in [0.15, 0.2) is 0 Å². The van der Waals surface area contributed by atoms with Crippen LogP contribution in [0, 0.1) is 17.3 Å². The van der Waals surface area contributed by atoms with Gasteiger partial charge in [-0.15, -0.1) is 0 Å². The van der Waals surface area contributed by atoms with Gasteiger partial charge in [0, 0.05) is 32.6 Å². The normalized spacial score (nSPS) is 31.7. The highest BCUT2D eigenvalue weighted by molar-refractivity contribution is 5.77. The van der Waals surface area contributed by atoms with Crippen LogP contribution >= 0.6 is 0 Å². The number of piperazine rings is 1. The molecule has 1 aromatic heterocycles. The lowest BCUT2D eigenvalue weighted by Crippen LogP contribution is -2.50. The van der Waals surface area contributed by atoms with Gasteiger partial charge in [0.2, 0.25) is 5.91 Å². The van der Waals surface area contributed by atoms with Gasteiger partial charge in [-0.3, -0.25) is 4.79 Å². The number of pyridine rings is 1. The standard InChI is InChI=1S/C21H31N3O2/c1-16-11-17-3-2-6-21(12-16,13-17)14-20(26)24-9-7-23(8-10-24)19-5-4-18(25)15-22-19/h4-5,15-17,25H,2-3,6-14H2,1H3. The highest BCUT2D eigenvalue weighted by atomic mass is 16.3. The minimum absolute atomic E-state index is 0.189. The second-order valence-corrected chi connectivity index (χ2v) is 8.93. The zero-order valence-corrected chi connectivity index (χ0v) is 15.9. The van der Waals surface area contributed by atoms with Gasteiger partial charge >= 0.3 is 0 Å². The summed E-state index contributed by atoms with van der Waals surface area (Å²) in [6.45, 7) is 5.55. The van der Waals surface area contributed by atoms with Crippen LogP contribution in [0.1, 0.15) is 51.9 Å². The van der Waals surface area contributed by atoms with Crippen LogP contribution in [-0.2, 0) is 4.79 Å². The lowest BCUT2D eigenvalue weighted by molar-refractivity contribution is -0.136. The number of aromatic nitrogens is 1. The van der Waals surface area contributed by atoms with Crippen molar-refractivity contribution < 1.29 is 9.90 Å². The summed E-state index contributed by atoms with van der Waals surface area (Å²) in [6, 6.07) is 3.51. The van der Waals surface area contributed by atoms with Crippen molar-refractivity contribution in [2.24, 2.45) is 17.3 Å². The number of fused-ring (bicyclic) bond motifs is 2. The van der Waals surface area contributed by atoms with Crippen molar-refractivity contribution >= 4 is 11.7 Å². The van der Waals surface area contributed by atoms with Crippen molar-refractivity contribution in [1.82, 2.24) is 9.88 Å². The molecule has 3 aliphatic rings. The first-order valence-corrected chi connectivity index (χ1v) is 10.2. The molecule has 1 aromatic rings. The Balaban J connectivity index is 1.34. The van der Waals surface area contributed by atoms with E-state index in [-0.39, 0.29) is 11.2 Å². The van der Waals surface area contributed by atoms with Crippen LogP contribution in [0.15, 0.2) is 18.3 Å². The minimum Gasteiger partial charge on any atom is -0.506 e. The van der Waals surface area contributed by atoms with Crippen LogP contribution < -0.4 is 4.90 Å². The van der Waals surface area contributed by atoms with Crippen LogP contribution in [-0.4, -0.2) is 47.1 Å². The van der Waals surface area contributed by atoms with E-state index in [0.717, 1.165) is 50.3 Å². The van der Waals surface area contributed by atoms with Crippen molar-refractivity contribution in [2.45, 2.75) is 51.9 Å². The molecule has 26 heavy (non-hydrogen) atoms. The second kappa shape index (κ2) is 7.09. The highest BCUT2D eigenvalue weighted by Gasteiger charge is 2.43. The van der Waals surface area contributed by atoms with Gasteiger partial charge in [-0.05, 0) is 55.1 Å². The number of carbonyl (C=O) groups is 1. The number of carbonyl (C=O) groups excluding carboxylic acids is 1. The maximum Gasteiger partial charge on any atom is 0.223 e. The second-order valence-electron chi connectivity index (χ2n) is 8.93. The number of anilines is 1. The van der Waals surface area contributed by atoms with Crippen LogP contribution in [0.5, 0.6) is 5.75 Å². The Morgan fingerprint density at radius 1 is 1.27 bits per heavy atom. The number of hydrogen-bond donors (Lipinski definition) is 1. The largest absolute Gasteiger partial charge is 0.506 e. The third kappa shape index (κ3) is 3.67. The van der Waals surface area contributed by atoms with E-state index in [1.165, 1.54) is 44.7 Å². The summed E-state index contributed by atoms with van der Waals surface area (Å²) in [4.78, 5) is 21.6. The smallest absolute Gasteiger partial charge is 0.223 e. The number of nitrogens with zero attached hydrogens (tertiary/aromatic N) is 3. The Labute approximate surface area is 156 Å². The number of rotatable bonds is 3. The third-order valence-corrected chi connectivity index (χ3v) is 6.77. The molecule has 2 aliphatic carbocycles. The summed E-state index contributed by atoms with van der Waals surface area (Å²) in [7, 11) is 0. The quantitative estimate of drug-likeness (QED) is 0.900. The summed E-state index contributed by atoms with van der Waals surface area (Å²) in [6.07, 6.45) is 10.1. The van der Waals surface area contributed by atoms with Crippen LogP contribution in [0.2, 0.25) is 0 Å². The average molecular weight is 357 g/mol. The molecule has 0 spiro atoms. The van der Waals surface area contributed by atoms with E-state index >= 15 is 0 Å². The minimum atomic E-state index is 0.189. The molecule has 0 aromatic carbocycles. The zero-order chi connectivity index (χ0) is 18.1. The van der Waals surface area contributed by atoms with E-state index in [4.69, 9.17) is 0 Å². The molecule has 5 heteroatoms. The monoisotopic (exact) mass is 357 g/mol. The fraction of sp³-hybridized carbons (Fsp3) is 0.714. The Morgan fingerprint density at radius 2 is 2.08 bits per heavy atom. The molecular formula is C21H31N3O2. The molecule has 1 aliphatic heterocycles. The zero-order valence-electron chi connectivity index (χ0n) is 15.9. The van der Waals surface area contributed by atoms with E-state index < -0.39 is 0 Å². The Morgan fingerprint density at radius 3 is 2.81 bits per heavy atom. The molecule has 2 bridgehead atoms. The van der Waals surface area contributed by atoms with Crippen LogP contribution in [0.3, 0.4) is 0 Å². The topological polar surface area (TPSA) is 56.7 Å². The summed E-state index contributed by atoms with van der Waals surface area (Å²) in [5, 5.41) is 9.38. The SMILES string of the molecule is CC1CC2CCCC(CC(=O)N3CCN(c4ccc(O)cn4)CC3)(C1)C2. The fourth-order valence-electron chi connectivity index (χ4n) is 5.78. The van der Waals surface area contributed by atoms with E-state index in [1.807, 2.05) is 6.07 Å². The first kappa shape index (κ1) is 17.6. The van der Waals surface area contributed by atoms with E-state index in [2.05, 4.69) is 21.7 Å². The first-order chi connectivity index (χ1) is 12.5. The molecule has 1 saturated heterocycles. The van der Waals surface area contributed by atoms with Crippen LogP contribution in [0.25, 0.3) is 0 Å². The summed E-state index contributed by atoms with van der Waals surface area (Å²) in [5.41, 5.74) is 0.285. The van der Waals surface area contributed by atoms with Crippen molar-refractivity contribution in [1.29, 1.82) is 0 Å². The van der Waals surface area contributed by atoms with Gasteiger partial charge in [0.1, 0.15) is 11.6 Å². The van der Waals surface area contributed by atoms with Crippen LogP contribution in [0.4, 0.5) is 5.82 Å². The third-order valence-electron chi connectivity index (χ3n) is 6.77.